The molecule has 0 aliphatic rings. The summed E-state index contributed by atoms with van der Waals surface area (Å²) >= 11 is 0. The number of benzene rings is 2. The summed E-state index contributed by atoms with van der Waals surface area (Å²) in [5.74, 6) is -1.37. The van der Waals surface area contributed by atoms with Crippen molar-refractivity contribution in [1.29, 1.82) is 0 Å². The van der Waals surface area contributed by atoms with Crippen LogP contribution in [0.5, 0.6) is 0 Å². The summed E-state index contributed by atoms with van der Waals surface area (Å²) in [5.41, 5.74) is -0.680. The van der Waals surface area contributed by atoms with Crippen LogP contribution < -0.4 is 0 Å². The number of carboxylic acid groups (broad SMARTS) is 1. The van der Waals surface area contributed by atoms with Crippen molar-refractivity contribution in [2.24, 2.45) is 0 Å². The first-order chi connectivity index (χ1) is 16.2. The van der Waals surface area contributed by atoms with Crippen molar-refractivity contribution in [1.82, 2.24) is 14.5 Å². The molecule has 0 aliphatic heterocycles. The molecular formula is C21H19N5O8. The predicted molar refractivity (Wildman–Crippen MR) is 116 cm³/mol. The number of rotatable bonds is 9. The Bertz CT molecular complexity index is 1190. The largest absolute Gasteiger partial charge is 0.480 e. The Morgan fingerprint density at radius 3 is 2.26 bits per heavy atom. The fourth-order valence-corrected chi connectivity index (χ4v) is 3.27. The van der Waals surface area contributed by atoms with Crippen LogP contribution in [0.15, 0.2) is 61.1 Å². The second-order valence-electron chi connectivity index (χ2n) is 7.12. The molecule has 1 amide bonds. The molecule has 1 heterocycles. The molecule has 3 rings (SSSR count). The van der Waals surface area contributed by atoms with Crippen molar-refractivity contribution in [3.63, 3.8) is 0 Å². The zero-order valence-electron chi connectivity index (χ0n) is 17.8. The van der Waals surface area contributed by atoms with E-state index >= 15 is 0 Å². The number of nitro benzene ring substituents is 2. The monoisotopic (exact) mass is 469 g/mol. The molecule has 1 atom stereocenters. The number of carbonyl (C=O) groups is 2. The second-order valence-corrected chi connectivity index (χ2v) is 7.12. The van der Waals surface area contributed by atoms with Gasteiger partial charge in [-0.3, -0.25) is 29.7 Å². The molecule has 13 nitrogen and oxygen atoms in total. The minimum Gasteiger partial charge on any atom is -0.480 e. The van der Waals surface area contributed by atoms with Gasteiger partial charge in [0.05, 0.1) is 16.2 Å². The summed E-state index contributed by atoms with van der Waals surface area (Å²) in [4.78, 5) is 50.6. The number of nitro groups is 2. The van der Waals surface area contributed by atoms with Gasteiger partial charge in [0.15, 0.2) is 0 Å². The highest BCUT2D eigenvalue weighted by atomic mass is 16.6. The molecule has 0 bridgehead atoms. The van der Waals surface area contributed by atoms with E-state index in [1.165, 1.54) is 19.3 Å². The zero-order valence-corrected chi connectivity index (χ0v) is 17.8. The van der Waals surface area contributed by atoms with Gasteiger partial charge in [0, 0.05) is 37.5 Å². The summed E-state index contributed by atoms with van der Waals surface area (Å²) in [6, 6.07) is 10.7. The van der Waals surface area contributed by atoms with Gasteiger partial charge in [-0.05, 0) is 11.6 Å². The van der Waals surface area contributed by atoms with Gasteiger partial charge < -0.3 is 9.84 Å². The van der Waals surface area contributed by atoms with E-state index in [9.17, 15) is 34.9 Å². The highest BCUT2D eigenvalue weighted by Crippen LogP contribution is 2.33. The number of nitrogens with zero attached hydrogens (tertiary/aromatic N) is 5. The third kappa shape index (κ3) is 5.15. The number of likely N-dealkylation sites (N-methyl/N-ethyl adjacent to an activating group) is 1. The lowest BCUT2D eigenvalue weighted by Gasteiger charge is -2.24. The molecule has 0 spiro atoms. The van der Waals surface area contributed by atoms with Crippen molar-refractivity contribution in [3.05, 3.63) is 92.5 Å². The topological polar surface area (TPSA) is 171 Å². The molecule has 0 saturated carbocycles. The third-order valence-corrected chi connectivity index (χ3v) is 4.99. The number of hydrogen-bond donors (Lipinski definition) is 1. The van der Waals surface area contributed by atoms with E-state index in [0.717, 1.165) is 27.9 Å². The van der Waals surface area contributed by atoms with Crippen LogP contribution in [0, 0.1) is 20.2 Å². The van der Waals surface area contributed by atoms with Gasteiger partial charge >= 0.3 is 12.1 Å². The molecule has 176 valence electrons. The number of ether oxygens (including phenoxy) is 1. The van der Waals surface area contributed by atoms with Gasteiger partial charge in [0.2, 0.25) is 5.69 Å². The molecular weight excluding hydrogens is 450 g/mol. The van der Waals surface area contributed by atoms with E-state index in [2.05, 4.69) is 4.98 Å². The SMILES string of the molecule is CN(C(=O)OCc1ccccc1)[C@@H](Cc1cncn1-c1c([N+](=O)[O-])cccc1[N+](=O)[O-])C(=O)O. The van der Waals surface area contributed by atoms with Crippen LogP contribution in [0.2, 0.25) is 0 Å². The Kier molecular flexibility index (Phi) is 7.16. The number of amides is 1. The van der Waals surface area contributed by atoms with E-state index < -0.39 is 39.3 Å². The molecule has 1 aromatic heterocycles. The van der Waals surface area contributed by atoms with E-state index in [1.54, 1.807) is 30.3 Å². The molecule has 0 unspecified atom stereocenters. The van der Waals surface area contributed by atoms with Crippen molar-refractivity contribution in [3.8, 4) is 5.69 Å². The molecule has 0 aliphatic carbocycles. The Balaban J connectivity index is 1.89. The molecule has 1 N–H and O–H groups in total. The lowest BCUT2D eigenvalue weighted by Crippen LogP contribution is -2.44. The summed E-state index contributed by atoms with van der Waals surface area (Å²) in [6.07, 6.45) is 1.07. The van der Waals surface area contributed by atoms with Crippen molar-refractivity contribution in [2.45, 2.75) is 19.1 Å². The summed E-state index contributed by atoms with van der Waals surface area (Å²) in [5, 5.41) is 32.7. The lowest BCUT2D eigenvalue weighted by atomic mass is 10.1. The molecule has 0 radical (unpaired) electrons. The standard InChI is InChI=1S/C21H19N5O8/c1-23(21(29)34-12-14-6-3-2-4-7-14)18(20(27)28)10-15-11-22-13-24(15)19-16(25(30)31)8-5-9-17(19)26(32)33/h2-9,11,13,18H,10,12H2,1H3,(H,27,28)/t18-/m0/s1. The first-order valence-corrected chi connectivity index (χ1v) is 9.80. The number of hydrogen-bond acceptors (Lipinski definition) is 8. The Morgan fingerprint density at radius 1 is 1.09 bits per heavy atom. The third-order valence-electron chi connectivity index (χ3n) is 4.99. The number of imidazole rings is 1. The van der Waals surface area contributed by atoms with Gasteiger partial charge in [0.25, 0.3) is 11.4 Å². The van der Waals surface area contributed by atoms with Crippen LogP contribution in [0.1, 0.15) is 11.3 Å². The van der Waals surface area contributed by atoms with Gasteiger partial charge in [0.1, 0.15) is 12.6 Å². The Morgan fingerprint density at radius 2 is 1.71 bits per heavy atom. The number of carboxylic acids is 1. The Labute approximate surface area is 192 Å². The van der Waals surface area contributed by atoms with Gasteiger partial charge in [-0.2, -0.15) is 0 Å². The van der Waals surface area contributed by atoms with Crippen LogP contribution in [0.25, 0.3) is 5.69 Å². The van der Waals surface area contributed by atoms with Gasteiger partial charge in [-0.25, -0.2) is 14.6 Å². The van der Waals surface area contributed by atoms with Crippen LogP contribution >= 0.6 is 0 Å². The first kappa shape index (κ1) is 23.8. The van der Waals surface area contributed by atoms with Gasteiger partial charge in [-0.1, -0.05) is 30.3 Å². The average Bonchev–Trinajstić information content (AvgIpc) is 3.28. The molecule has 34 heavy (non-hydrogen) atoms. The van der Waals surface area contributed by atoms with Crippen LogP contribution in [0.4, 0.5) is 16.2 Å². The van der Waals surface area contributed by atoms with E-state index in [1.807, 2.05) is 0 Å². The highest BCUT2D eigenvalue weighted by molar-refractivity contribution is 5.80. The Hall–Kier alpha value is -4.81. The number of aliphatic carboxylic acids is 1. The van der Waals surface area contributed by atoms with Crippen molar-refractivity contribution >= 4 is 23.4 Å². The molecule has 0 fully saturated rings. The zero-order chi connectivity index (χ0) is 24.8. The predicted octanol–water partition coefficient (Wildman–Crippen LogP) is 2.95. The maximum Gasteiger partial charge on any atom is 0.410 e. The summed E-state index contributed by atoms with van der Waals surface area (Å²) < 4.78 is 6.26. The number of aromatic nitrogens is 2. The smallest absolute Gasteiger partial charge is 0.410 e. The normalized spacial score (nSPS) is 11.4. The molecule has 13 heteroatoms. The minimum atomic E-state index is -1.44. The van der Waals surface area contributed by atoms with Crippen LogP contribution in [-0.4, -0.2) is 54.6 Å². The second kappa shape index (κ2) is 10.2. The van der Waals surface area contributed by atoms with Crippen LogP contribution in [-0.2, 0) is 22.6 Å². The molecule has 3 aromatic rings. The molecule has 0 saturated heterocycles. The summed E-state index contributed by atoms with van der Waals surface area (Å²) in [7, 11) is 1.24. The van der Waals surface area contributed by atoms with Crippen LogP contribution in [0.3, 0.4) is 0 Å². The van der Waals surface area contributed by atoms with E-state index in [-0.39, 0.29) is 24.4 Å². The van der Waals surface area contributed by atoms with E-state index in [4.69, 9.17) is 4.74 Å². The minimum absolute atomic E-state index is 0.0727. The fraction of sp³-hybridized carbons (Fsp3) is 0.190. The highest BCUT2D eigenvalue weighted by Gasteiger charge is 2.32. The van der Waals surface area contributed by atoms with Gasteiger partial charge in [-0.15, -0.1) is 0 Å². The first-order valence-electron chi connectivity index (χ1n) is 9.80. The average molecular weight is 469 g/mol. The van der Waals surface area contributed by atoms with E-state index in [0.29, 0.717) is 5.56 Å². The number of carbonyl (C=O) groups excluding carboxylic acids is 1. The maximum atomic E-state index is 12.5. The van der Waals surface area contributed by atoms with Crippen molar-refractivity contribution in [2.75, 3.05) is 7.05 Å². The van der Waals surface area contributed by atoms with Crippen molar-refractivity contribution < 1.29 is 29.3 Å². The maximum absolute atomic E-state index is 12.5. The quantitative estimate of drug-likeness (QED) is 0.365. The molecule has 2 aromatic carbocycles. The number of para-hydroxylation sites is 1. The fourth-order valence-electron chi connectivity index (χ4n) is 3.27. The summed E-state index contributed by atoms with van der Waals surface area (Å²) in [6.45, 7) is -0.0727. The lowest BCUT2D eigenvalue weighted by molar-refractivity contribution is -0.393.